The first kappa shape index (κ1) is 18.0. The molecule has 0 saturated heterocycles. The lowest BCUT2D eigenvalue weighted by Crippen LogP contribution is -2.38. The van der Waals surface area contributed by atoms with Crippen molar-refractivity contribution in [1.82, 2.24) is 10.2 Å². The first-order valence-corrected chi connectivity index (χ1v) is 8.46. The maximum Gasteiger partial charge on any atom is 0.255 e. The first-order valence-electron chi connectivity index (χ1n) is 8.46. The minimum atomic E-state index is -0.110. The molecule has 1 N–H and O–H groups in total. The van der Waals surface area contributed by atoms with E-state index >= 15 is 0 Å². The van der Waals surface area contributed by atoms with Gasteiger partial charge in [0.15, 0.2) is 0 Å². The van der Waals surface area contributed by atoms with Crippen LogP contribution in [0.1, 0.15) is 31.1 Å². The average Bonchev–Trinajstić information content (AvgIpc) is 2.59. The smallest absolute Gasteiger partial charge is 0.255 e. The Balaban J connectivity index is 1.99. The zero-order chi connectivity index (χ0) is 17.4. The van der Waals surface area contributed by atoms with Gasteiger partial charge in [0.05, 0.1) is 5.56 Å². The number of ether oxygens (including phenoxy) is 1. The van der Waals surface area contributed by atoms with Gasteiger partial charge in [0.1, 0.15) is 11.5 Å². The topological polar surface area (TPSA) is 41.6 Å². The number of benzene rings is 2. The monoisotopic (exact) mass is 326 g/mol. The molecule has 0 radical (unpaired) electrons. The van der Waals surface area contributed by atoms with Crippen molar-refractivity contribution in [1.29, 1.82) is 0 Å². The predicted molar refractivity (Wildman–Crippen MR) is 97.7 cm³/mol. The summed E-state index contributed by atoms with van der Waals surface area (Å²) in [6.45, 7) is 8.88. The van der Waals surface area contributed by atoms with Crippen molar-refractivity contribution < 1.29 is 9.53 Å². The van der Waals surface area contributed by atoms with Crippen LogP contribution < -0.4 is 10.1 Å². The molecular formula is C20H26N2O2. The van der Waals surface area contributed by atoms with Crippen molar-refractivity contribution in [2.45, 2.75) is 26.8 Å². The number of amides is 1. The van der Waals surface area contributed by atoms with Gasteiger partial charge < -0.3 is 10.1 Å². The summed E-state index contributed by atoms with van der Waals surface area (Å²) >= 11 is 0. The fourth-order valence-corrected chi connectivity index (χ4v) is 2.55. The Morgan fingerprint density at radius 1 is 1.08 bits per heavy atom. The number of carbonyl (C=O) groups is 1. The maximum atomic E-state index is 12.5. The summed E-state index contributed by atoms with van der Waals surface area (Å²) in [6.07, 6.45) is 0. The number of hydrogen-bond donors (Lipinski definition) is 1. The summed E-state index contributed by atoms with van der Waals surface area (Å²) in [4.78, 5) is 14.8. The highest BCUT2D eigenvalue weighted by Crippen LogP contribution is 2.24. The molecule has 1 amide bonds. The van der Waals surface area contributed by atoms with E-state index in [0.717, 1.165) is 18.8 Å². The normalized spacial score (nSPS) is 10.9. The number of carbonyl (C=O) groups excluding carboxylic acids is 1. The van der Waals surface area contributed by atoms with Crippen LogP contribution in [0.15, 0.2) is 54.6 Å². The second-order valence-corrected chi connectivity index (χ2v) is 5.89. The van der Waals surface area contributed by atoms with Crippen molar-refractivity contribution in [3.8, 4) is 11.5 Å². The van der Waals surface area contributed by atoms with Gasteiger partial charge in [-0.05, 0) is 44.7 Å². The highest BCUT2D eigenvalue weighted by atomic mass is 16.5. The predicted octanol–water partition coefficient (Wildman–Crippen LogP) is 3.94. The van der Waals surface area contributed by atoms with E-state index in [1.807, 2.05) is 48.5 Å². The Morgan fingerprint density at radius 3 is 2.42 bits per heavy atom. The SMILES string of the molecule is CCN(CCNC(=O)c1ccccc1Oc1ccccc1)C(C)C. The number of rotatable bonds is 8. The molecule has 2 aromatic carbocycles. The number of nitrogens with zero attached hydrogens (tertiary/aromatic N) is 1. The molecule has 0 bridgehead atoms. The van der Waals surface area contributed by atoms with E-state index in [1.54, 1.807) is 6.07 Å². The molecule has 0 fully saturated rings. The lowest BCUT2D eigenvalue weighted by Gasteiger charge is -2.24. The molecule has 24 heavy (non-hydrogen) atoms. The van der Waals surface area contributed by atoms with Gasteiger partial charge in [-0.25, -0.2) is 0 Å². The second-order valence-electron chi connectivity index (χ2n) is 5.89. The number of hydrogen-bond acceptors (Lipinski definition) is 3. The van der Waals surface area contributed by atoms with E-state index in [2.05, 4.69) is 31.0 Å². The van der Waals surface area contributed by atoms with E-state index in [9.17, 15) is 4.79 Å². The van der Waals surface area contributed by atoms with Crippen molar-refractivity contribution in [3.63, 3.8) is 0 Å². The molecule has 4 nitrogen and oxygen atoms in total. The number of nitrogens with one attached hydrogen (secondary N) is 1. The summed E-state index contributed by atoms with van der Waals surface area (Å²) in [5.41, 5.74) is 0.550. The van der Waals surface area contributed by atoms with E-state index in [0.29, 0.717) is 23.9 Å². The maximum absolute atomic E-state index is 12.5. The van der Waals surface area contributed by atoms with Crippen molar-refractivity contribution in [3.05, 3.63) is 60.2 Å². The molecular weight excluding hydrogens is 300 g/mol. The van der Waals surface area contributed by atoms with Crippen LogP contribution in [-0.4, -0.2) is 36.5 Å². The highest BCUT2D eigenvalue weighted by Gasteiger charge is 2.13. The minimum Gasteiger partial charge on any atom is -0.457 e. The summed E-state index contributed by atoms with van der Waals surface area (Å²) in [7, 11) is 0. The first-order chi connectivity index (χ1) is 11.6. The largest absolute Gasteiger partial charge is 0.457 e. The fourth-order valence-electron chi connectivity index (χ4n) is 2.55. The molecule has 0 saturated carbocycles. The highest BCUT2D eigenvalue weighted by molar-refractivity contribution is 5.97. The van der Waals surface area contributed by atoms with Gasteiger partial charge in [0.2, 0.25) is 0 Å². The van der Waals surface area contributed by atoms with Crippen molar-refractivity contribution >= 4 is 5.91 Å². The van der Waals surface area contributed by atoms with Crippen LogP contribution in [0.3, 0.4) is 0 Å². The Kier molecular flexibility index (Phi) is 6.82. The summed E-state index contributed by atoms with van der Waals surface area (Å²) < 4.78 is 5.85. The van der Waals surface area contributed by atoms with Gasteiger partial charge in [-0.2, -0.15) is 0 Å². The van der Waals surface area contributed by atoms with E-state index in [-0.39, 0.29) is 5.91 Å². The van der Waals surface area contributed by atoms with Gasteiger partial charge in [-0.1, -0.05) is 37.3 Å². The second kappa shape index (κ2) is 9.08. The molecule has 0 heterocycles. The van der Waals surface area contributed by atoms with Crippen LogP contribution in [0.2, 0.25) is 0 Å². The molecule has 4 heteroatoms. The lowest BCUT2D eigenvalue weighted by molar-refractivity contribution is 0.0943. The third-order valence-electron chi connectivity index (χ3n) is 3.92. The molecule has 2 rings (SSSR count). The van der Waals surface area contributed by atoms with E-state index < -0.39 is 0 Å². The molecule has 0 atom stereocenters. The third-order valence-corrected chi connectivity index (χ3v) is 3.92. The van der Waals surface area contributed by atoms with Crippen molar-refractivity contribution in [2.75, 3.05) is 19.6 Å². The van der Waals surface area contributed by atoms with Crippen molar-refractivity contribution in [2.24, 2.45) is 0 Å². The summed E-state index contributed by atoms with van der Waals surface area (Å²) in [5.74, 6) is 1.17. The average molecular weight is 326 g/mol. The molecule has 128 valence electrons. The number of likely N-dealkylation sites (N-methyl/N-ethyl adjacent to an activating group) is 1. The fraction of sp³-hybridized carbons (Fsp3) is 0.350. The van der Waals surface area contributed by atoms with Crippen LogP contribution >= 0.6 is 0 Å². The molecule has 0 aromatic heterocycles. The van der Waals surface area contributed by atoms with Crippen LogP contribution in [0.4, 0.5) is 0 Å². The van der Waals surface area contributed by atoms with Crippen LogP contribution in [0.5, 0.6) is 11.5 Å². The summed E-state index contributed by atoms with van der Waals surface area (Å²) in [6, 6.07) is 17.3. The Bertz CT molecular complexity index is 641. The molecule has 0 aliphatic rings. The Morgan fingerprint density at radius 2 is 1.75 bits per heavy atom. The molecule has 0 aliphatic carbocycles. The zero-order valence-electron chi connectivity index (χ0n) is 14.7. The van der Waals surface area contributed by atoms with Crippen LogP contribution in [0, 0.1) is 0 Å². The Labute approximate surface area is 144 Å². The quantitative estimate of drug-likeness (QED) is 0.799. The summed E-state index contributed by atoms with van der Waals surface area (Å²) in [5, 5.41) is 2.98. The molecule has 0 aliphatic heterocycles. The number of para-hydroxylation sites is 2. The molecule has 0 unspecified atom stereocenters. The third kappa shape index (κ3) is 5.10. The van der Waals surface area contributed by atoms with Crippen LogP contribution in [0.25, 0.3) is 0 Å². The van der Waals surface area contributed by atoms with Gasteiger partial charge in [0.25, 0.3) is 5.91 Å². The molecule has 2 aromatic rings. The lowest BCUT2D eigenvalue weighted by atomic mass is 10.2. The van der Waals surface area contributed by atoms with Crippen LogP contribution in [-0.2, 0) is 0 Å². The molecule has 0 spiro atoms. The minimum absolute atomic E-state index is 0.110. The zero-order valence-corrected chi connectivity index (χ0v) is 14.7. The standard InChI is InChI=1S/C20H26N2O2/c1-4-22(16(2)3)15-14-21-20(23)18-12-8-9-13-19(18)24-17-10-6-5-7-11-17/h5-13,16H,4,14-15H2,1-3H3,(H,21,23). The van der Waals surface area contributed by atoms with E-state index in [1.165, 1.54) is 0 Å². The van der Waals surface area contributed by atoms with Gasteiger partial charge in [-0.3, -0.25) is 9.69 Å². The Hall–Kier alpha value is -2.33. The van der Waals surface area contributed by atoms with Gasteiger partial charge in [0, 0.05) is 19.1 Å². The van der Waals surface area contributed by atoms with Gasteiger partial charge in [-0.15, -0.1) is 0 Å². The van der Waals surface area contributed by atoms with E-state index in [4.69, 9.17) is 4.74 Å². The van der Waals surface area contributed by atoms with Gasteiger partial charge >= 0.3 is 0 Å².